The molecule has 0 nitrogen and oxygen atoms in total. The highest BCUT2D eigenvalue weighted by atomic mass is 31.1. The Labute approximate surface area is 74.5 Å². The van der Waals surface area contributed by atoms with E-state index in [2.05, 4.69) is 27.7 Å². The zero-order chi connectivity index (χ0) is 7.78. The van der Waals surface area contributed by atoms with E-state index in [1.165, 1.54) is 19.0 Å². The summed E-state index contributed by atoms with van der Waals surface area (Å²) >= 11 is 0. The summed E-state index contributed by atoms with van der Waals surface area (Å²) in [6.07, 6.45) is 4.51. The van der Waals surface area contributed by atoms with E-state index in [0.29, 0.717) is 13.1 Å². The van der Waals surface area contributed by atoms with Crippen molar-refractivity contribution in [1.82, 2.24) is 0 Å². The average molecular weight is 172 g/mol. The van der Waals surface area contributed by atoms with Gasteiger partial charge in [-0.15, -0.1) is 0 Å². The Hall–Kier alpha value is 0.495. The lowest BCUT2D eigenvalue weighted by Crippen LogP contribution is -2.15. The Morgan fingerprint density at radius 2 is 1.82 bits per heavy atom. The van der Waals surface area contributed by atoms with Gasteiger partial charge in [0.05, 0.1) is 8.41 Å². The average Bonchev–Trinajstić information content (AvgIpc) is 2.11. The number of hydrogen-bond donors (Lipinski definition) is 0. The SMILES string of the molecule is B.CC1CCCP1C(C)(C)C. The smallest absolute Gasteiger partial charge is 0.0814 e. The molecule has 0 spiro atoms. The maximum atomic E-state index is 2.43. The van der Waals surface area contributed by atoms with Gasteiger partial charge in [-0.25, -0.2) is 0 Å². The third-order valence-corrected chi connectivity index (χ3v) is 6.26. The summed E-state index contributed by atoms with van der Waals surface area (Å²) in [4.78, 5) is 0. The predicted molar refractivity (Wildman–Crippen MR) is 60.2 cm³/mol. The summed E-state index contributed by atoms with van der Waals surface area (Å²) in [7, 11) is 0.353. The van der Waals surface area contributed by atoms with Crippen molar-refractivity contribution in [1.29, 1.82) is 0 Å². The highest BCUT2D eigenvalue weighted by Gasteiger charge is 2.32. The van der Waals surface area contributed by atoms with Crippen molar-refractivity contribution in [3.63, 3.8) is 0 Å². The summed E-state index contributed by atoms with van der Waals surface area (Å²) in [6.45, 7) is 9.64. The van der Waals surface area contributed by atoms with E-state index in [1.54, 1.807) is 0 Å². The quantitative estimate of drug-likeness (QED) is 0.388. The van der Waals surface area contributed by atoms with Gasteiger partial charge in [0, 0.05) is 0 Å². The second-order valence-corrected chi connectivity index (χ2v) is 7.97. The zero-order valence-electron chi connectivity index (χ0n) is 7.65. The molecule has 2 heteroatoms. The molecule has 1 rings (SSSR count). The van der Waals surface area contributed by atoms with Gasteiger partial charge in [-0.05, 0) is 29.8 Å². The highest BCUT2D eigenvalue weighted by Crippen LogP contribution is 2.58. The molecule has 0 radical (unpaired) electrons. The van der Waals surface area contributed by atoms with Crippen LogP contribution in [-0.2, 0) is 0 Å². The molecule has 1 saturated heterocycles. The van der Waals surface area contributed by atoms with E-state index in [0.717, 1.165) is 5.66 Å². The first kappa shape index (κ1) is 11.5. The van der Waals surface area contributed by atoms with Crippen molar-refractivity contribution >= 4 is 16.3 Å². The summed E-state index contributed by atoms with van der Waals surface area (Å²) in [5, 5.41) is 0.616. The molecule has 0 N–H and O–H groups in total. The lowest BCUT2D eigenvalue weighted by Gasteiger charge is -2.31. The van der Waals surface area contributed by atoms with Gasteiger partial charge in [0.25, 0.3) is 0 Å². The second-order valence-electron chi connectivity index (χ2n) is 4.36. The predicted octanol–water partition coefficient (Wildman–Crippen LogP) is 2.27. The minimum Gasteiger partial charge on any atom is -0.0983 e. The van der Waals surface area contributed by atoms with E-state index in [4.69, 9.17) is 0 Å². The molecule has 0 amide bonds. The maximum absolute atomic E-state index is 2.43. The standard InChI is InChI=1S/C9H19P.BH3/c1-8-6-5-7-10(8)9(2,3)4;/h8H,5-7H2,1-4H3;1H3. The van der Waals surface area contributed by atoms with Crippen molar-refractivity contribution in [2.75, 3.05) is 6.16 Å². The molecule has 2 atom stereocenters. The van der Waals surface area contributed by atoms with Crippen LogP contribution in [0.4, 0.5) is 0 Å². The van der Waals surface area contributed by atoms with Crippen LogP contribution in [0.5, 0.6) is 0 Å². The van der Waals surface area contributed by atoms with Crippen molar-refractivity contribution in [3.05, 3.63) is 0 Å². The minimum atomic E-state index is 0. The van der Waals surface area contributed by atoms with E-state index in [9.17, 15) is 0 Å². The number of hydrogen-bond acceptors (Lipinski definition) is 0. The third-order valence-electron chi connectivity index (χ3n) is 2.41. The van der Waals surface area contributed by atoms with Gasteiger partial charge in [-0.2, -0.15) is 0 Å². The molecule has 66 valence electrons. The van der Waals surface area contributed by atoms with Gasteiger partial charge in [0.1, 0.15) is 0 Å². The van der Waals surface area contributed by atoms with Gasteiger partial charge in [-0.1, -0.05) is 35.6 Å². The molecule has 1 aliphatic rings. The normalized spacial score (nSPS) is 31.6. The molecule has 0 aromatic carbocycles. The van der Waals surface area contributed by atoms with Crippen LogP contribution in [0.25, 0.3) is 0 Å². The minimum absolute atomic E-state index is 0. The molecule has 0 saturated carbocycles. The molecule has 1 fully saturated rings. The fraction of sp³-hybridized carbons (Fsp3) is 1.00. The van der Waals surface area contributed by atoms with E-state index in [1.807, 2.05) is 0 Å². The summed E-state index contributed by atoms with van der Waals surface area (Å²) in [6, 6.07) is 0. The Morgan fingerprint density at radius 3 is 2.00 bits per heavy atom. The fourth-order valence-corrected chi connectivity index (χ4v) is 5.38. The molecular weight excluding hydrogens is 150 g/mol. The Morgan fingerprint density at radius 1 is 1.27 bits per heavy atom. The zero-order valence-corrected chi connectivity index (χ0v) is 8.54. The summed E-state index contributed by atoms with van der Waals surface area (Å²) in [5.74, 6) is 0. The van der Waals surface area contributed by atoms with Gasteiger partial charge in [0.15, 0.2) is 0 Å². The molecule has 0 aliphatic carbocycles. The molecular formula is C9H22BP. The molecule has 0 aromatic heterocycles. The van der Waals surface area contributed by atoms with Crippen LogP contribution in [0.15, 0.2) is 0 Å². The van der Waals surface area contributed by atoms with Crippen molar-refractivity contribution in [3.8, 4) is 0 Å². The van der Waals surface area contributed by atoms with Crippen LogP contribution < -0.4 is 0 Å². The van der Waals surface area contributed by atoms with E-state index < -0.39 is 0 Å². The fourth-order valence-electron chi connectivity index (χ4n) is 1.93. The summed E-state index contributed by atoms with van der Waals surface area (Å²) in [5.41, 5.74) is 1.04. The second kappa shape index (κ2) is 3.94. The van der Waals surface area contributed by atoms with Gasteiger partial charge < -0.3 is 0 Å². The Kier molecular flexibility index (Phi) is 4.12. The molecule has 2 unspecified atom stereocenters. The van der Waals surface area contributed by atoms with E-state index in [-0.39, 0.29) is 8.41 Å². The Balaban J connectivity index is 0.000001000. The topological polar surface area (TPSA) is 0 Å². The van der Waals surface area contributed by atoms with Crippen LogP contribution in [0.3, 0.4) is 0 Å². The molecule has 11 heavy (non-hydrogen) atoms. The first-order chi connectivity index (χ1) is 4.52. The van der Waals surface area contributed by atoms with Crippen molar-refractivity contribution in [2.45, 2.75) is 51.4 Å². The lowest BCUT2D eigenvalue weighted by atomic mass is 10.3. The largest absolute Gasteiger partial charge is 0.0983 e. The van der Waals surface area contributed by atoms with Gasteiger partial charge >= 0.3 is 0 Å². The van der Waals surface area contributed by atoms with Crippen LogP contribution in [-0.4, -0.2) is 25.4 Å². The van der Waals surface area contributed by atoms with Gasteiger partial charge in [-0.3, -0.25) is 0 Å². The van der Waals surface area contributed by atoms with Crippen LogP contribution in [0.1, 0.15) is 40.5 Å². The van der Waals surface area contributed by atoms with E-state index >= 15 is 0 Å². The lowest BCUT2D eigenvalue weighted by molar-refractivity contribution is 0.768. The first-order valence-electron chi connectivity index (χ1n) is 4.28. The Bertz CT molecular complexity index is 117. The van der Waals surface area contributed by atoms with Crippen LogP contribution in [0.2, 0.25) is 0 Å². The molecule has 0 aromatic rings. The van der Waals surface area contributed by atoms with Crippen molar-refractivity contribution < 1.29 is 0 Å². The van der Waals surface area contributed by atoms with Crippen molar-refractivity contribution in [2.24, 2.45) is 0 Å². The third kappa shape index (κ3) is 2.78. The molecule has 0 bridgehead atoms. The summed E-state index contributed by atoms with van der Waals surface area (Å²) < 4.78 is 0. The van der Waals surface area contributed by atoms with Gasteiger partial charge in [0.2, 0.25) is 0 Å². The van der Waals surface area contributed by atoms with Crippen LogP contribution >= 0.6 is 7.92 Å². The first-order valence-corrected chi connectivity index (χ1v) is 5.88. The monoisotopic (exact) mass is 172 g/mol. The molecule has 1 aliphatic heterocycles. The number of rotatable bonds is 0. The maximum Gasteiger partial charge on any atom is 0.0814 e. The molecule has 1 heterocycles. The highest BCUT2D eigenvalue weighted by molar-refractivity contribution is 7.60. The van der Waals surface area contributed by atoms with Crippen LogP contribution in [0, 0.1) is 0 Å².